The molecule has 0 aliphatic carbocycles. The van der Waals surface area contributed by atoms with Crippen LogP contribution in [0.1, 0.15) is 81.1 Å². The van der Waals surface area contributed by atoms with Gasteiger partial charge in [0.2, 0.25) is 23.6 Å². The average Bonchev–Trinajstić information content (AvgIpc) is 3.54. The third-order valence-electron chi connectivity index (χ3n) is 10.8. The maximum absolute atomic E-state index is 14.3. The van der Waals surface area contributed by atoms with Crippen LogP contribution in [0.2, 0.25) is 0 Å². The number of hydrogen-bond donors (Lipinski definition) is 4. The average molecular weight is 762 g/mol. The molecular formula is C41H59N7O7. The molecule has 0 unspecified atom stereocenters. The van der Waals surface area contributed by atoms with Gasteiger partial charge in [0.1, 0.15) is 36.2 Å². The van der Waals surface area contributed by atoms with Crippen molar-refractivity contribution in [2.75, 3.05) is 53.0 Å². The predicted molar refractivity (Wildman–Crippen MR) is 208 cm³/mol. The van der Waals surface area contributed by atoms with Crippen molar-refractivity contribution in [3.63, 3.8) is 0 Å². The Labute approximate surface area is 324 Å². The fraction of sp³-hybridized carbons (Fsp3) is 0.585. The van der Waals surface area contributed by atoms with Gasteiger partial charge in [-0.25, -0.2) is 0 Å². The smallest absolute Gasteiger partial charge is 0.255 e. The van der Waals surface area contributed by atoms with E-state index in [0.717, 1.165) is 37.2 Å². The first-order valence-corrected chi connectivity index (χ1v) is 19.8. The normalized spacial score (nSPS) is 23.7. The number of methoxy groups -OCH3 is 1. The Hall–Kier alpha value is -4.69. The summed E-state index contributed by atoms with van der Waals surface area (Å²) >= 11 is 0. The van der Waals surface area contributed by atoms with Gasteiger partial charge in [0, 0.05) is 45.7 Å². The lowest BCUT2D eigenvalue weighted by Gasteiger charge is -2.31. The first-order valence-electron chi connectivity index (χ1n) is 19.8. The van der Waals surface area contributed by atoms with E-state index in [9.17, 15) is 24.0 Å². The van der Waals surface area contributed by atoms with E-state index in [1.54, 1.807) is 41.2 Å². The van der Waals surface area contributed by atoms with Crippen molar-refractivity contribution in [1.29, 1.82) is 0 Å². The van der Waals surface area contributed by atoms with Crippen LogP contribution < -0.4 is 31.2 Å². The zero-order chi connectivity index (χ0) is 39.3. The molecule has 55 heavy (non-hydrogen) atoms. The number of amides is 5. The van der Waals surface area contributed by atoms with E-state index in [1.165, 1.54) is 0 Å². The zero-order valence-corrected chi connectivity index (χ0v) is 32.6. The lowest BCUT2D eigenvalue weighted by atomic mass is 10.0. The topological polar surface area (TPSA) is 176 Å². The summed E-state index contributed by atoms with van der Waals surface area (Å²) in [4.78, 5) is 75.4. The number of nitrogens with two attached hydrogens (primary N) is 1. The lowest BCUT2D eigenvalue weighted by Crippen LogP contribution is -2.57. The second kappa shape index (κ2) is 20.3. The van der Waals surface area contributed by atoms with Crippen molar-refractivity contribution in [2.45, 2.75) is 95.9 Å². The second-order valence-electron chi connectivity index (χ2n) is 15.1. The summed E-state index contributed by atoms with van der Waals surface area (Å²) in [6.07, 6.45) is 3.90. The maximum atomic E-state index is 14.3. The highest BCUT2D eigenvalue weighted by atomic mass is 16.5. The Morgan fingerprint density at radius 3 is 2.44 bits per heavy atom. The molecule has 2 aromatic rings. The van der Waals surface area contributed by atoms with Gasteiger partial charge in [0.15, 0.2) is 0 Å². The van der Waals surface area contributed by atoms with Crippen molar-refractivity contribution in [1.82, 2.24) is 30.7 Å². The van der Waals surface area contributed by atoms with Gasteiger partial charge in [-0.2, -0.15) is 0 Å². The second-order valence-corrected chi connectivity index (χ2v) is 15.1. The number of carbonyl (C=O) groups excluding carboxylic acids is 5. The summed E-state index contributed by atoms with van der Waals surface area (Å²) in [5.41, 5.74) is 7.16. The molecule has 0 saturated carbocycles. The van der Waals surface area contributed by atoms with Crippen LogP contribution in [0.25, 0.3) is 0 Å². The van der Waals surface area contributed by atoms with Gasteiger partial charge in [-0.05, 0) is 87.2 Å². The van der Waals surface area contributed by atoms with Crippen molar-refractivity contribution in [2.24, 2.45) is 11.7 Å². The van der Waals surface area contributed by atoms with Gasteiger partial charge < -0.3 is 41.0 Å². The Morgan fingerprint density at radius 2 is 1.69 bits per heavy atom. The Morgan fingerprint density at radius 1 is 0.909 bits per heavy atom. The van der Waals surface area contributed by atoms with E-state index in [0.29, 0.717) is 64.2 Å². The number of nitrogens with one attached hydrogen (secondary N) is 3. The van der Waals surface area contributed by atoms with Crippen LogP contribution in [0.15, 0.2) is 48.5 Å². The third-order valence-corrected chi connectivity index (χ3v) is 10.8. The van der Waals surface area contributed by atoms with Crippen molar-refractivity contribution in [3.8, 4) is 11.5 Å². The first kappa shape index (κ1) is 41.5. The Bertz CT molecular complexity index is 1620. The number of unbranched alkanes of at least 4 members (excludes halogenated alkanes) is 1. The molecule has 3 aliphatic rings. The van der Waals surface area contributed by atoms with E-state index >= 15 is 0 Å². The lowest BCUT2D eigenvalue weighted by molar-refractivity contribution is -0.139. The monoisotopic (exact) mass is 761 g/mol. The van der Waals surface area contributed by atoms with Crippen molar-refractivity contribution in [3.05, 3.63) is 59.7 Å². The molecule has 5 amide bonds. The molecule has 0 aromatic heterocycles. The number of hydrogen-bond acceptors (Lipinski definition) is 9. The molecule has 2 saturated heterocycles. The van der Waals surface area contributed by atoms with Crippen LogP contribution in [0.3, 0.4) is 0 Å². The quantitative estimate of drug-likeness (QED) is 0.280. The van der Waals surface area contributed by atoms with Crippen LogP contribution in [-0.2, 0) is 25.7 Å². The number of ether oxygens (including phenoxy) is 2. The van der Waals surface area contributed by atoms with Gasteiger partial charge in [0.25, 0.3) is 5.91 Å². The predicted octanol–water partition coefficient (Wildman–Crippen LogP) is 2.45. The number of para-hydroxylation sites is 1. The summed E-state index contributed by atoms with van der Waals surface area (Å²) in [6, 6.07) is 11.8. The van der Waals surface area contributed by atoms with Crippen LogP contribution >= 0.6 is 0 Å². The minimum atomic E-state index is -1.00. The molecule has 5 N–H and O–H groups in total. The highest BCUT2D eigenvalue weighted by Crippen LogP contribution is 2.24. The molecule has 3 aliphatic heterocycles. The molecule has 0 bridgehead atoms. The summed E-state index contributed by atoms with van der Waals surface area (Å²) in [6.45, 7) is 7.96. The molecule has 14 nitrogen and oxygen atoms in total. The minimum Gasteiger partial charge on any atom is -0.497 e. The van der Waals surface area contributed by atoms with Gasteiger partial charge in [0.05, 0.1) is 18.7 Å². The highest BCUT2D eigenvalue weighted by Gasteiger charge is 2.37. The van der Waals surface area contributed by atoms with Crippen LogP contribution in [-0.4, -0.2) is 121 Å². The summed E-state index contributed by atoms with van der Waals surface area (Å²) in [7, 11) is 1.64. The standard InChI is InChI=1S/C41H59N7O7/c1-28(2)37-39(51)44-33(12-6-7-20-42)41(53)48-23-8-10-30(48)27-55-35-13-5-4-11-32(35)38(50)43-34(18-19-36(49)45-37)40(52)47-22-9-21-46(24-25-47)26-29-14-16-31(54-3)17-15-29/h4-5,11,13-17,28,30,33-34,37H,6-10,12,18-27,42H2,1-3H3,(H,43,50)(H,44,51)(H,45,49)/t30-,33+,34+,37-/m1/s1. The highest BCUT2D eigenvalue weighted by molar-refractivity contribution is 6.00. The summed E-state index contributed by atoms with van der Waals surface area (Å²) < 4.78 is 11.5. The number of nitrogens with zero attached hydrogens (tertiary/aromatic N) is 3. The van der Waals surface area contributed by atoms with E-state index in [1.807, 2.05) is 38.1 Å². The first-order chi connectivity index (χ1) is 26.6. The molecule has 3 heterocycles. The largest absolute Gasteiger partial charge is 0.497 e. The van der Waals surface area contributed by atoms with E-state index in [4.69, 9.17) is 15.2 Å². The van der Waals surface area contributed by atoms with Gasteiger partial charge in [-0.3, -0.25) is 28.9 Å². The molecule has 0 spiro atoms. The van der Waals surface area contributed by atoms with Crippen LogP contribution in [0.5, 0.6) is 11.5 Å². The summed E-state index contributed by atoms with van der Waals surface area (Å²) in [5.74, 6) is -0.988. The Balaban J connectivity index is 1.37. The van der Waals surface area contributed by atoms with Gasteiger partial charge >= 0.3 is 0 Å². The number of fused-ring (bicyclic) bond motifs is 2. The minimum absolute atomic E-state index is 0.0230. The van der Waals surface area contributed by atoms with Crippen LogP contribution in [0, 0.1) is 5.92 Å². The molecule has 14 heteroatoms. The van der Waals surface area contributed by atoms with E-state index in [2.05, 4.69) is 20.9 Å². The number of benzene rings is 2. The summed E-state index contributed by atoms with van der Waals surface area (Å²) in [5, 5.41) is 8.76. The molecule has 5 rings (SSSR count). The number of rotatable bonds is 9. The molecule has 2 fully saturated rings. The van der Waals surface area contributed by atoms with Crippen LogP contribution in [0.4, 0.5) is 0 Å². The van der Waals surface area contributed by atoms with Crippen molar-refractivity contribution < 1.29 is 33.4 Å². The molecule has 2 aromatic carbocycles. The number of carbonyl (C=O) groups is 5. The van der Waals surface area contributed by atoms with Gasteiger partial charge in [-0.1, -0.05) is 38.1 Å². The fourth-order valence-electron chi connectivity index (χ4n) is 7.59. The zero-order valence-electron chi connectivity index (χ0n) is 32.6. The van der Waals surface area contributed by atoms with Gasteiger partial charge in [-0.15, -0.1) is 0 Å². The third kappa shape index (κ3) is 11.4. The van der Waals surface area contributed by atoms with Crippen molar-refractivity contribution >= 4 is 29.5 Å². The Kier molecular flexibility index (Phi) is 15.3. The molecule has 0 radical (unpaired) electrons. The van der Waals surface area contributed by atoms with E-state index in [-0.39, 0.29) is 48.8 Å². The maximum Gasteiger partial charge on any atom is 0.255 e. The SMILES string of the molecule is COc1ccc(CN2CCCN(C(=O)[C@@H]3CCC(=O)N[C@H](C(C)C)C(=O)N[C@@H](CCCCN)C(=O)N4CCC[C@@H]4COc4ccccc4C(=O)N3)CC2)cc1. The van der Waals surface area contributed by atoms with E-state index < -0.39 is 35.8 Å². The fourth-order valence-corrected chi connectivity index (χ4v) is 7.59. The molecule has 4 atom stereocenters. The molecular weight excluding hydrogens is 702 g/mol. The molecule has 300 valence electrons.